The third-order valence-corrected chi connectivity index (χ3v) is 4.40. The third-order valence-electron chi connectivity index (χ3n) is 4.40. The first kappa shape index (κ1) is 22.3. The standard InChI is InChI=1S/C21H20FN7O3/c1-12(19(24)30)21(31)28-18-6-8-25-20(27-18)15(23)10-17(16-7-9-32-29-16)26-11-13-4-2-3-5-14(13)22/h2-10,12,23,26H,11H2,1H3,(H2,24,30)(H,25,27,28,31)/b17-10-,23-15?. The summed E-state index contributed by atoms with van der Waals surface area (Å²) in [6.45, 7) is 1.51. The average molecular weight is 437 g/mol. The molecule has 1 atom stereocenters. The summed E-state index contributed by atoms with van der Waals surface area (Å²) >= 11 is 0. The first-order valence-electron chi connectivity index (χ1n) is 9.47. The molecule has 1 unspecified atom stereocenters. The number of aromatic nitrogens is 3. The fraction of sp³-hybridized carbons (Fsp3) is 0.143. The lowest BCUT2D eigenvalue weighted by Gasteiger charge is -2.11. The van der Waals surface area contributed by atoms with Crippen LogP contribution in [0.25, 0.3) is 5.70 Å². The zero-order valence-electron chi connectivity index (χ0n) is 17.0. The van der Waals surface area contributed by atoms with Gasteiger partial charge in [0.2, 0.25) is 11.8 Å². The molecule has 1 aromatic carbocycles. The second kappa shape index (κ2) is 10.1. The van der Waals surface area contributed by atoms with E-state index < -0.39 is 17.7 Å². The number of allylic oxidation sites excluding steroid dienone is 1. The van der Waals surface area contributed by atoms with Gasteiger partial charge in [-0.25, -0.2) is 14.4 Å². The molecule has 0 spiro atoms. The lowest BCUT2D eigenvalue weighted by atomic mass is 10.1. The normalized spacial score (nSPS) is 12.1. The topological polar surface area (TPSA) is 160 Å². The van der Waals surface area contributed by atoms with Crippen molar-refractivity contribution in [3.63, 3.8) is 0 Å². The molecule has 0 radical (unpaired) electrons. The summed E-state index contributed by atoms with van der Waals surface area (Å²) < 4.78 is 18.8. The van der Waals surface area contributed by atoms with E-state index in [-0.39, 0.29) is 29.7 Å². The van der Waals surface area contributed by atoms with E-state index >= 15 is 0 Å². The van der Waals surface area contributed by atoms with Crippen LogP contribution in [0.15, 0.2) is 59.5 Å². The summed E-state index contributed by atoms with van der Waals surface area (Å²) in [6.07, 6.45) is 4.13. The van der Waals surface area contributed by atoms with Gasteiger partial charge in [-0.05, 0) is 25.1 Å². The van der Waals surface area contributed by atoms with Gasteiger partial charge in [-0.3, -0.25) is 15.0 Å². The molecule has 0 aliphatic rings. The van der Waals surface area contributed by atoms with Crippen molar-refractivity contribution in [3.8, 4) is 0 Å². The van der Waals surface area contributed by atoms with E-state index in [2.05, 4.69) is 25.8 Å². The Bertz CT molecular complexity index is 1160. The van der Waals surface area contributed by atoms with Crippen LogP contribution in [-0.2, 0) is 16.1 Å². The molecule has 0 aliphatic heterocycles. The summed E-state index contributed by atoms with van der Waals surface area (Å²) in [5.74, 6) is -2.71. The summed E-state index contributed by atoms with van der Waals surface area (Å²) in [5.41, 5.74) is 6.23. The zero-order valence-corrected chi connectivity index (χ0v) is 17.0. The molecule has 0 fully saturated rings. The predicted molar refractivity (Wildman–Crippen MR) is 114 cm³/mol. The van der Waals surface area contributed by atoms with Crippen LogP contribution in [0.3, 0.4) is 0 Å². The fourth-order valence-corrected chi connectivity index (χ4v) is 2.53. The molecule has 11 heteroatoms. The Kier molecular flexibility index (Phi) is 7.01. The van der Waals surface area contributed by atoms with Crippen LogP contribution in [0, 0.1) is 17.1 Å². The van der Waals surface area contributed by atoms with Gasteiger partial charge in [-0.15, -0.1) is 0 Å². The number of rotatable bonds is 9. The highest BCUT2D eigenvalue weighted by Crippen LogP contribution is 2.14. The second-order valence-electron chi connectivity index (χ2n) is 6.68. The zero-order chi connectivity index (χ0) is 23.1. The van der Waals surface area contributed by atoms with Crippen LogP contribution >= 0.6 is 0 Å². The molecule has 10 nitrogen and oxygen atoms in total. The highest BCUT2D eigenvalue weighted by molar-refractivity contribution is 6.08. The van der Waals surface area contributed by atoms with Crippen LogP contribution in [0.4, 0.5) is 10.2 Å². The molecule has 3 aromatic rings. The number of nitrogens with two attached hydrogens (primary N) is 1. The van der Waals surface area contributed by atoms with E-state index in [1.165, 1.54) is 37.6 Å². The highest BCUT2D eigenvalue weighted by atomic mass is 19.1. The lowest BCUT2D eigenvalue weighted by Crippen LogP contribution is -2.32. The number of nitrogens with one attached hydrogen (secondary N) is 3. The minimum absolute atomic E-state index is 0.00298. The number of carbonyl (C=O) groups is 2. The molecule has 5 N–H and O–H groups in total. The van der Waals surface area contributed by atoms with Gasteiger partial charge < -0.3 is 20.9 Å². The predicted octanol–water partition coefficient (Wildman–Crippen LogP) is 1.86. The molecule has 0 saturated carbocycles. The molecule has 0 aliphatic carbocycles. The lowest BCUT2D eigenvalue weighted by molar-refractivity contribution is -0.129. The largest absolute Gasteiger partial charge is 0.379 e. The van der Waals surface area contributed by atoms with Gasteiger partial charge in [0.25, 0.3) is 0 Å². The number of primary amides is 1. The maximum absolute atomic E-state index is 13.9. The summed E-state index contributed by atoms with van der Waals surface area (Å²) in [5, 5.41) is 17.7. The Morgan fingerprint density at radius 1 is 1.28 bits per heavy atom. The van der Waals surface area contributed by atoms with Gasteiger partial charge in [0.1, 0.15) is 35.2 Å². The van der Waals surface area contributed by atoms with E-state index in [4.69, 9.17) is 15.7 Å². The molecule has 0 saturated heterocycles. The van der Waals surface area contributed by atoms with Crippen LogP contribution in [0.1, 0.15) is 24.0 Å². The average Bonchev–Trinajstić information content (AvgIpc) is 3.31. The minimum atomic E-state index is -1.05. The molecule has 164 valence electrons. The Morgan fingerprint density at radius 2 is 2.06 bits per heavy atom. The maximum Gasteiger partial charge on any atom is 0.237 e. The number of nitrogens with zero attached hydrogens (tertiary/aromatic N) is 3. The van der Waals surface area contributed by atoms with Crippen molar-refractivity contribution in [2.75, 3.05) is 5.32 Å². The van der Waals surface area contributed by atoms with E-state index in [0.717, 1.165) is 0 Å². The van der Waals surface area contributed by atoms with Crippen LogP contribution in [-0.4, -0.2) is 32.7 Å². The third kappa shape index (κ3) is 5.59. The van der Waals surface area contributed by atoms with Gasteiger partial charge in [0.15, 0.2) is 5.82 Å². The van der Waals surface area contributed by atoms with Crippen molar-refractivity contribution in [3.05, 3.63) is 77.8 Å². The summed E-state index contributed by atoms with van der Waals surface area (Å²) in [7, 11) is 0. The molecular weight excluding hydrogens is 417 g/mol. The maximum atomic E-state index is 13.9. The first-order valence-corrected chi connectivity index (χ1v) is 9.47. The molecule has 3 rings (SSSR count). The van der Waals surface area contributed by atoms with Crippen LogP contribution in [0.2, 0.25) is 0 Å². The van der Waals surface area contributed by atoms with Crippen molar-refractivity contribution in [2.45, 2.75) is 13.5 Å². The van der Waals surface area contributed by atoms with E-state index in [1.54, 1.807) is 24.3 Å². The number of anilines is 1. The molecular formula is C21H20FN7O3. The Hall–Kier alpha value is -4.41. The first-order chi connectivity index (χ1) is 15.3. The fourth-order valence-electron chi connectivity index (χ4n) is 2.53. The number of carbonyl (C=O) groups excluding carboxylic acids is 2. The van der Waals surface area contributed by atoms with Gasteiger partial charge in [-0.2, -0.15) is 0 Å². The van der Waals surface area contributed by atoms with Crippen LogP contribution < -0.4 is 16.4 Å². The molecule has 2 heterocycles. The molecule has 2 aromatic heterocycles. The molecule has 32 heavy (non-hydrogen) atoms. The molecule has 2 amide bonds. The highest BCUT2D eigenvalue weighted by Gasteiger charge is 2.19. The number of halogens is 1. The van der Waals surface area contributed by atoms with E-state index in [1.807, 2.05) is 0 Å². The van der Waals surface area contributed by atoms with Crippen molar-refractivity contribution in [2.24, 2.45) is 11.7 Å². The van der Waals surface area contributed by atoms with Gasteiger partial charge in [0, 0.05) is 24.4 Å². The SMILES string of the molecule is CC(C(N)=O)C(=O)Nc1ccnc(C(=N)/C=C(\NCc2ccccc2F)c2ccon2)n1. The minimum Gasteiger partial charge on any atom is -0.379 e. The van der Waals surface area contributed by atoms with Crippen molar-refractivity contribution in [1.29, 1.82) is 5.41 Å². The van der Waals surface area contributed by atoms with Gasteiger partial charge in [-0.1, -0.05) is 23.4 Å². The van der Waals surface area contributed by atoms with Gasteiger partial charge in [0.05, 0.1) is 5.70 Å². The van der Waals surface area contributed by atoms with E-state index in [0.29, 0.717) is 17.0 Å². The summed E-state index contributed by atoms with van der Waals surface area (Å²) in [6, 6.07) is 9.30. The van der Waals surface area contributed by atoms with Crippen LogP contribution in [0.5, 0.6) is 0 Å². The second-order valence-corrected chi connectivity index (χ2v) is 6.68. The van der Waals surface area contributed by atoms with E-state index in [9.17, 15) is 14.0 Å². The number of hydrogen-bond donors (Lipinski definition) is 4. The summed E-state index contributed by atoms with van der Waals surface area (Å²) in [4.78, 5) is 31.3. The monoisotopic (exact) mass is 437 g/mol. The quantitative estimate of drug-likeness (QED) is 0.293. The van der Waals surface area contributed by atoms with Crippen molar-refractivity contribution >= 4 is 29.0 Å². The number of hydrogen-bond acceptors (Lipinski definition) is 8. The number of amides is 2. The smallest absolute Gasteiger partial charge is 0.237 e. The Labute approximate surface area is 182 Å². The van der Waals surface area contributed by atoms with Crippen molar-refractivity contribution < 1.29 is 18.5 Å². The molecule has 0 bridgehead atoms. The van der Waals surface area contributed by atoms with Gasteiger partial charge >= 0.3 is 0 Å². The number of benzene rings is 1. The van der Waals surface area contributed by atoms with Crippen molar-refractivity contribution in [1.82, 2.24) is 20.4 Å². The Balaban J connectivity index is 1.80. The Morgan fingerprint density at radius 3 is 2.75 bits per heavy atom.